The van der Waals surface area contributed by atoms with Crippen LogP contribution in [0.2, 0.25) is 0 Å². The molecule has 1 amide bonds. The second-order valence-electron chi connectivity index (χ2n) is 4.04. The van der Waals surface area contributed by atoms with Gasteiger partial charge in [-0.25, -0.2) is 4.79 Å². The Morgan fingerprint density at radius 2 is 2.29 bits per heavy atom. The van der Waals surface area contributed by atoms with Crippen LogP contribution in [0.4, 0.5) is 5.69 Å². The molecule has 1 atom stereocenters. The molecule has 8 heteroatoms. The van der Waals surface area contributed by atoms with Crippen LogP contribution in [-0.2, 0) is 14.3 Å². The van der Waals surface area contributed by atoms with Gasteiger partial charge in [0.15, 0.2) is 6.04 Å². The number of carbonyl (C=O) groups excluding carboxylic acids is 2. The first-order valence-corrected chi connectivity index (χ1v) is 6.21. The fraction of sp³-hybridized carbons (Fsp3) is 0.231. The van der Waals surface area contributed by atoms with Crippen LogP contribution in [-0.4, -0.2) is 34.7 Å². The normalized spacial score (nSPS) is 11.7. The first-order valence-electron chi connectivity index (χ1n) is 6.21. The third kappa shape index (κ3) is 3.63. The van der Waals surface area contributed by atoms with Gasteiger partial charge in [0, 0.05) is 11.3 Å². The topological polar surface area (TPSA) is 120 Å². The standard InChI is InChI=1S/C13H14N4O4/c1-2-20-13(19)10(14)11(18)16-9-5-3-4-8(6-9)12-17-15-7-21-12/h3-7,10H,2,14H2,1H3,(H,16,18). The van der Waals surface area contributed by atoms with Crippen molar-refractivity contribution in [3.8, 4) is 11.5 Å². The minimum Gasteiger partial charge on any atom is -0.464 e. The van der Waals surface area contributed by atoms with Crippen LogP contribution in [0.1, 0.15) is 6.92 Å². The van der Waals surface area contributed by atoms with Crippen molar-refractivity contribution in [2.24, 2.45) is 5.73 Å². The van der Waals surface area contributed by atoms with E-state index in [4.69, 9.17) is 10.2 Å². The molecule has 0 radical (unpaired) electrons. The highest BCUT2D eigenvalue weighted by Crippen LogP contribution is 2.20. The Hall–Kier alpha value is -2.74. The summed E-state index contributed by atoms with van der Waals surface area (Å²) in [5.41, 5.74) is 6.59. The number of carbonyl (C=O) groups is 2. The third-order valence-electron chi connectivity index (χ3n) is 2.56. The Balaban J connectivity index is 2.08. The van der Waals surface area contributed by atoms with Gasteiger partial charge < -0.3 is 20.2 Å². The van der Waals surface area contributed by atoms with E-state index in [9.17, 15) is 9.59 Å². The van der Waals surface area contributed by atoms with Crippen LogP contribution in [0.15, 0.2) is 35.1 Å². The number of ether oxygens (including phenoxy) is 1. The molecule has 1 heterocycles. The number of hydrogen-bond acceptors (Lipinski definition) is 7. The van der Waals surface area contributed by atoms with Crippen molar-refractivity contribution in [3.63, 3.8) is 0 Å². The van der Waals surface area contributed by atoms with Crippen molar-refractivity contribution >= 4 is 17.6 Å². The molecule has 1 unspecified atom stereocenters. The predicted molar refractivity (Wildman–Crippen MR) is 73.0 cm³/mol. The monoisotopic (exact) mass is 290 g/mol. The number of nitrogens with one attached hydrogen (secondary N) is 1. The summed E-state index contributed by atoms with van der Waals surface area (Å²) in [4.78, 5) is 23.2. The molecule has 1 aromatic carbocycles. The Morgan fingerprint density at radius 3 is 2.95 bits per heavy atom. The number of amides is 1. The van der Waals surface area contributed by atoms with E-state index in [1.807, 2.05) is 0 Å². The van der Waals surface area contributed by atoms with Crippen LogP contribution in [0.3, 0.4) is 0 Å². The molecule has 2 aromatic rings. The molecule has 8 nitrogen and oxygen atoms in total. The largest absolute Gasteiger partial charge is 0.464 e. The average Bonchev–Trinajstić information content (AvgIpc) is 3.01. The summed E-state index contributed by atoms with van der Waals surface area (Å²) < 4.78 is 9.75. The number of nitrogens with zero attached hydrogens (tertiary/aromatic N) is 2. The van der Waals surface area contributed by atoms with E-state index in [-0.39, 0.29) is 6.61 Å². The first kappa shape index (κ1) is 14.7. The summed E-state index contributed by atoms with van der Waals surface area (Å²) in [7, 11) is 0. The summed E-state index contributed by atoms with van der Waals surface area (Å²) in [5, 5.41) is 9.87. The highest BCUT2D eigenvalue weighted by atomic mass is 16.5. The molecule has 0 aliphatic rings. The zero-order valence-corrected chi connectivity index (χ0v) is 11.3. The second kappa shape index (κ2) is 6.62. The molecule has 110 valence electrons. The van der Waals surface area contributed by atoms with Gasteiger partial charge in [0.25, 0.3) is 5.91 Å². The maximum atomic E-state index is 11.8. The molecule has 21 heavy (non-hydrogen) atoms. The third-order valence-corrected chi connectivity index (χ3v) is 2.56. The number of rotatable bonds is 5. The summed E-state index contributed by atoms with van der Waals surface area (Å²) >= 11 is 0. The van der Waals surface area contributed by atoms with Crippen LogP contribution in [0.5, 0.6) is 0 Å². The molecule has 0 aliphatic heterocycles. The fourth-order valence-electron chi connectivity index (χ4n) is 1.59. The van der Waals surface area contributed by atoms with E-state index in [1.54, 1.807) is 31.2 Å². The molecule has 0 saturated heterocycles. The molecule has 0 bridgehead atoms. The van der Waals surface area contributed by atoms with Gasteiger partial charge in [-0.2, -0.15) is 0 Å². The van der Waals surface area contributed by atoms with E-state index in [0.717, 1.165) is 0 Å². The highest BCUT2D eigenvalue weighted by Gasteiger charge is 2.23. The van der Waals surface area contributed by atoms with Crippen LogP contribution in [0.25, 0.3) is 11.5 Å². The van der Waals surface area contributed by atoms with E-state index in [2.05, 4.69) is 20.3 Å². The van der Waals surface area contributed by atoms with Crippen LogP contribution in [0, 0.1) is 0 Å². The number of esters is 1. The number of hydrogen-bond donors (Lipinski definition) is 2. The SMILES string of the molecule is CCOC(=O)C(N)C(=O)Nc1cccc(-c2nnco2)c1. The minimum absolute atomic E-state index is 0.159. The quantitative estimate of drug-likeness (QED) is 0.609. The zero-order chi connectivity index (χ0) is 15.2. The highest BCUT2D eigenvalue weighted by molar-refractivity contribution is 6.08. The maximum absolute atomic E-state index is 11.8. The summed E-state index contributed by atoms with van der Waals surface area (Å²) in [6, 6.07) is 5.34. The minimum atomic E-state index is -1.38. The van der Waals surface area contributed by atoms with E-state index in [1.165, 1.54) is 6.39 Å². The predicted octanol–water partition coefficient (Wildman–Crippen LogP) is 0.565. The lowest BCUT2D eigenvalue weighted by Gasteiger charge is -2.11. The molecule has 0 spiro atoms. The van der Waals surface area contributed by atoms with Crippen molar-refractivity contribution in [2.75, 3.05) is 11.9 Å². The second-order valence-corrected chi connectivity index (χ2v) is 4.04. The number of nitrogens with two attached hydrogens (primary N) is 1. The van der Waals surface area contributed by atoms with Gasteiger partial charge >= 0.3 is 5.97 Å². The molecule has 0 saturated carbocycles. The molecule has 0 fully saturated rings. The number of benzene rings is 1. The van der Waals surface area contributed by atoms with E-state index in [0.29, 0.717) is 17.1 Å². The van der Waals surface area contributed by atoms with Gasteiger partial charge in [0.05, 0.1) is 6.61 Å². The summed E-state index contributed by atoms with van der Waals surface area (Å²) in [6.07, 6.45) is 1.21. The Bertz CT molecular complexity index is 627. The average molecular weight is 290 g/mol. The van der Waals surface area contributed by atoms with E-state index >= 15 is 0 Å². The van der Waals surface area contributed by atoms with Crippen LogP contribution < -0.4 is 11.1 Å². The summed E-state index contributed by atoms with van der Waals surface area (Å²) in [5.74, 6) is -1.11. The van der Waals surface area contributed by atoms with Gasteiger partial charge in [-0.3, -0.25) is 4.79 Å². The zero-order valence-electron chi connectivity index (χ0n) is 11.3. The fourth-order valence-corrected chi connectivity index (χ4v) is 1.59. The van der Waals surface area contributed by atoms with Gasteiger partial charge in [-0.1, -0.05) is 6.07 Å². The van der Waals surface area contributed by atoms with Gasteiger partial charge in [-0.05, 0) is 25.1 Å². The molecular formula is C13H14N4O4. The lowest BCUT2D eigenvalue weighted by Crippen LogP contribution is -2.43. The number of anilines is 1. The van der Waals surface area contributed by atoms with Gasteiger partial charge in [-0.15, -0.1) is 10.2 Å². The van der Waals surface area contributed by atoms with Gasteiger partial charge in [0.1, 0.15) is 0 Å². The Morgan fingerprint density at radius 1 is 1.48 bits per heavy atom. The Labute approximate surface area is 120 Å². The van der Waals surface area contributed by atoms with E-state index < -0.39 is 17.9 Å². The van der Waals surface area contributed by atoms with Crippen molar-refractivity contribution in [1.82, 2.24) is 10.2 Å². The lowest BCUT2D eigenvalue weighted by molar-refractivity contribution is -0.146. The van der Waals surface area contributed by atoms with Crippen molar-refractivity contribution in [3.05, 3.63) is 30.7 Å². The molecule has 0 aliphatic carbocycles. The number of aromatic nitrogens is 2. The van der Waals surface area contributed by atoms with Crippen molar-refractivity contribution in [2.45, 2.75) is 13.0 Å². The Kier molecular flexibility index (Phi) is 4.62. The molecule has 2 rings (SSSR count). The summed E-state index contributed by atoms with van der Waals surface area (Å²) in [6.45, 7) is 1.79. The molecular weight excluding hydrogens is 276 g/mol. The first-order chi connectivity index (χ1) is 10.1. The van der Waals surface area contributed by atoms with Crippen molar-refractivity contribution < 1.29 is 18.7 Å². The molecule has 1 aromatic heterocycles. The van der Waals surface area contributed by atoms with Crippen molar-refractivity contribution in [1.29, 1.82) is 0 Å². The van der Waals surface area contributed by atoms with Crippen LogP contribution >= 0.6 is 0 Å². The maximum Gasteiger partial charge on any atom is 0.332 e. The van der Waals surface area contributed by atoms with Gasteiger partial charge in [0.2, 0.25) is 12.3 Å². The molecule has 3 N–H and O–H groups in total. The smallest absolute Gasteiger partial charge is 0.332 e. The lowest BCUT2D eigenvalue weighted by atomic mass is 10.2.